The Hall–Kier alpha value is -3.36. The number of benzene rings is 2. The molecule has 0 radical (unpaired) electrons. The molecule has 6 nitrogen and oxygen atoms in total. The van der Waals surface area contributed by atoms with Crippen molar-refractivity contribution in [3.05, 3.63) is 70.8 Å². The molecule has 2 aromatic carbocycles. The number of hydrogen-bond acceptors (Lipinski definition) is 3. The van der Waals surface area contributed by atoms with Crippen LogP contribution in [-0.4, -0.2) is 47.8 Å². The Bertz CT molecular complexity index is 1080. The summed E-state index contributed by atoms with van der Waals surface area (Å²) in [5, 5.41) is 5.84. The fourth-order valence-electron chi connectivity index (χ4n) is 4.26. The van der Waals surface area contributed by atoms with E-state index in [1.807, 2.05) is 26.8 Å². The summed E-state index contributed by atoms with van der Waals surface area (Å²) in [6.07, 6.45) is -2.78. The topological polar surface area (TPSA) is 78.5 Å². The van der Waals surface area contributed by atoms with E-state index in [-0.39, 0.29) is 35.2 Å². The SMILES string of the molecule is CC[C@@H](C)NC(=O)[C@@H](NC(=O)c1cccc(C)c1)C1CCN(C(=O)c2ccc(C(F)(F)F)cc2)CC1. The van der Waals surface area contributed by atoms with Crippen LogP contribution in [0.25, 0.3) is 0 Å². The van der Waals surface area contributed by atoms with Gasteiger partial charge in [0.05, 0.1) is 5.56 Å². The third kappa shape index (κ3) is 6.86. The first-order valence-electron chi connectivity index (χ1n) is 12.1. The largest absolute Gasteiger partial charge is 0.416 e. The molecule has 9 heteroatoms. The Morgan fingerprint density at radius 1 is 1.00 bits per heavy atom. The van der Waals surface area contributed by atoms with Crippen LogP contribution < -0.4 is 10.6 Å². The zero-order valence-electron chi connectivity index (χ0n) is 20.7. The maximum absolute atomic E-state index is 13.1. The molecule has 0 bridgehead atoms. The first-order valence-corrected chi connectivity index (χ1v) is 12.1. The van der Waals surface area contributed by atoms with Gasteiger partial charge in [-0.1, -0.05) is 24.6 Å². The lowest BCUT2D eigenvalue weighted by molar-refractivity contribution is -0.137. The maximum Gasteiger partial charge on any atom is 0.416 e. The lowest BCUT2D eigenvalue weighted by Crippen LogP contribution is -2.55. The van der Waals surface area contributed by atoms with Crippen LogP contribution in [0.15, 0.2) is 48.5 Å². The second-order valence-electron chi connectivity index (χ2n) is 9.34. The zero-order chi connectivity index (χ0) is 26.5. The number of amides is 3. The molecule has 36 heavy (non-hydrogen) atoms. The van der Waals surface area contributed by atoms with E-state index in [2.05, 4.69) is 10.6 Å². The van der Waals surface area contributed by atoms with Crippen LogP contribution in [-0.2, 0) is 11.0 Å². The number of nitrogens with one attached hydrogen (secondary N) is 2. The molecule has 1 saturated heterocycles. The molecule has 0 unspecified atom stereocenters. The zero-order valence-corrected chi connectivity index (χ0v) is 20.7. The Morgan fingerprint density at radius 3 is 2.19 bits per heavy atom. The van der Waals surface area contributed by atoms with Gasteiger partial charge in [-0.15, -0.1) is 0 Å². The minimum absolute atomic E-state index is 0.0581. The number of alkyl halides is 3. The molecule has 0 spiro atoms. The number of halogens is 3. The molecule has 2 aromatic rings. The van der Waals surface area contributed by atoms with E-state index >= 15 is 0 Å². The fourth-order valence-corrected chi connectivity index (χ4v) is 4.26. The Kier molecular flexibility index (Phi) is 8.76. The number of rotatable bonds is 7. The van der Waals surface area contributed by atoms with Crippen molar-refractivity contribution in [1.29, 1.82) is 0 Å². The van der Waals surface area contributed by atoms with Gasteiger partial charge >= 0.3 is 6.18 Å². The molecule has 1 aliphatic heterocycles. The van der Waals surface area contributed by atoms with Crippen molar-refractivity contribution in [2.75, 3.05) is 13.1 Å². The molecule has 1 fully saturated rings. The summed E-state index contributed by atoms with van der Waals surface area (Å²) in [4.78, 5) is 40.4. The van der Waals surface area contributed by atoms with E-state index in [9.17, 15) is 27.6 Å². The summed E-state index contributed by atoms with van der Waals surface area (Å²) in [6, 6.07) is 10.4. The van der Waals surface area contributed by atoms with Gasteiger partial charge in [0, 0.05) is 30.3 Å². The van der Waals surface area contributed by atoms with Crippen molar-refractivity contribution in [3.63, 3.8) is 0 Å². The average molecular weight is 504 g/mol. The Balaban J connectivity index is 1.69. The smallest absolute Gasteiger partial charge is 0.352 e. The maximum atomic E-state index is 13.1. The summed E-state index contributed by atoms with van der Waals surface area (Å²) in [5.74, 6) is -1.16. The van der Waals surface area contributed by atoms with Gasteiger partial charge in [-0.25, -0.2) is 0 Å². The van der Waals surface area contributed by atoms with Gasteiger partial charge in [-0.3, -0.25) is 14.4 Å². The Labute approximate surface area is 209 Å². The molecule has 3 amide bonds. The molecule has 0 aromatic heterocycles. The number of piperidine rings is 1. The first kappa shape index (κ1) is 27.2. The molecular formula is C27H32F3N3O3. The number of likely N-dealkylation sites (tertiary alicyclic amines) is 1. The number of nitrogens with zero attached hydrogens (tertiary/aromatic N) is 1. The molecule has 194 valence electrons. The van der Waals surface area contributed by atoms with E-state index in [0.717, 1.165) is 24.1 Å². The number of carbonyl (C=O) groups excluding carboxylic acids is 3. The van der Waals surface area contributed by atoms with Crippen molar-refractivity contribution in [3.8, 4) is 0 Å². The minimum Gasteiger partial charge on any atom is -0.352 e. The molecule has 1 aliphatic rings. The number of carbonyl (C=O) groups is 3. The second-order valence-corrected chi connectivity index (χ2v) is 9.34. The van der Waals surface area contributed by atoms with Crippen LogP contribution in [0.4, 0.5) is 13.2 Å². The molecule has 1 heterocycles. The molecule has 0 saturated carbocycles. The van der Waals surface area contributed by atoms with Gasteiger partial charge in [0.25, 0.3) is 11.8 Å². The highest BCUT2D eigenvalue weighted by molar-refractivity contribution is 5.98. The van der Waals surface area contributed by atoms with Gasteiger partial charge in [0.2, 0.25) is 5.91 Å². The summed E-state index contributed by atoms with van der Waals surface area (Å²) in [7, 11) is 0. The standard InChI is InChI=1S/C27H32F3N3O3/c1-4-18(3)31-25(35)23(32-24(34)21-7-5-6-17(2)16-21)19-12-14-33(15-13-19)26(36)20-8-10-22(11-9-20)27(28,29)30/h5-11,16,18-19,23H,4,12-15H2,1-3H3,(H,31,35)(H,32,34)/t18-,23+/m1/s1. The molecule has 2 N–H and O–H groups in total. The summed E-state index contributed by atoms with van der Waals surface area (Å²) >= 11 is 0. The highest BCUT2D eigenvalue weighted by atomic mass is 19.4. The number of hydrogen-bond donors (Lipinski definition) is 2. The highest BCUT2D eigenvalue weighted by Gasteiger charge is 2.35. The third-order valence-electron chi connectivity index (χ3n) is 6.61. The third-order valence-corrected chi connectivity index (χ3v) is 6.61. The monoisotopic (exact) mass is 503 g/mol. The van der Waals surface area contributed by atoms with Gasteiger partial charge in [-0.2, -0.15) is 13.2 Å². The van der Waals surface area contributed by atoms with E-state index in [1.54, 1.807) is 23.1 Å². The lowest BCUT2D eigenvalue weighted by Gasteiger charge is -2.36. The van der Waals surface area contributed by atoms with Gasteiger partial charge in [0.1, 0.15) is 6.04 Å². The Morgan fingerprint density at radius 2 is 1.64 bits per heavy atom. The molecule has 2 atom stereocenters. The van der Waals surface area contributed by atoms with Crippen LogP contribution in [0, 0.1) is 12.8 Å². The van der Waals surface area contributed by atoms with E-state index in [4.69, 9.17) is 0 Å². The summed E-state index contributed by atoms with van der Waals surface area (Å²) < 4.78 is 38.5. The molecule has 0 aliphatic carbocycles. The van der Waals surface area contributed by atoms with Crippen LogP contribution in [0.5, 0.6) is 0 Å². The van der Waals surface area contributed by atoms with E-state index in [0.29, 0.717) is 31.5 Å². The van der Waals surface area contributed by atoms with Crippen LogP contribution >= 0.6 is 0 Å². The highest BCUT2D eigenvalue weighted by Crippen LogP contribution is 2.29. The van der Waals surface area contributed by atoms with Crippen molar-refractivity contribution in [1.82, 2.24) is 15.5 Å². The van der Waals surface area contributed by atoms with Gasteiger partial charge in [-0.05, 0) is 75.4 Å². The number of aryl methyl sites for hydroxylation is 1. The second kappa shape index (κ2) is 11.6. The van der Waals surface area contributed by atoms with E-state index < -0.39 is 17.8 Å². The van der Waals surface area contributed by atoms with Gasteiger partial charge in [0.15, 0.2) is 0 Å². The summed E-state index contributed by atoms with van der Waals surface area (Å²) in [5.41, 5.74) is 0.766. The quantitative estimate of drug-likeness (QED) is 0.581. The molecular weight excluding hydrogens is 471 g/mol. The summed E-state index contributed by atoms with van der Waals surface area (Å²) in [6.45, 7) is 6.39. The average Bonchev–Trinajstić information content (AvgIpc) is 2.86. The van der Waals surface area contributed by atoms with Crippen LogP contribution in [0.1, 0.15) is 65.0 Å². The normalized spacial score (nSPS) is 16.2. The van der Waals surface area contributed by atoms with Crippen LogP contribution in [0.2, 0.25) is 0 Å². The lowest BCUT2D eigenvalue weighted by atomic mass is 9.88. The predicted molar refractivity (Wildman–Crippen MR) is 130 cm³/mol. The van der Waals surface area contributed by atoms with Crippen molar-refractivity contribution >= 4 is 17.7 Å². The van der Waals surface area contributed by atoms with Gasteiger partial charge < -0.3 is 15.5 Å². The minimum atomic E-state index is -4.46. The van der Waals surface area contributed by atoms with Crippen molar-refractivity contribution < 1.29 is 27.6 Å². The van der Waals surface area contributed by atoms with E-state index in [1.165, 1.54) is 12.1 Å². The van der Waals surface area contributed by atoms with Crippen molar-refractivity contribution in [2.45, 2.75) is 58.3 Å². The molecule has 3 rings (SSSR count). The predicted octanol–water partition coefficient (Wildman–Crippen LogP) is 4.58. The fraction of sp³-hybridized carbons (Fsp3) is 0.444. The van der Waals surface area contributed by atoms with Crippen LogP contribution in [0.3, 0.4) is 0 Å². The first-order chi connectivity index (χ1) is 17.0. The van der Waals surface area contributed by atoms with Crippen molar-refractivity contribution in [2.24, 2.45) is 5.92 Å².